The van der Waals surface area contributed by atoms with E-state index in [4.69, 9.17) is 9.47 Å². The Labute approximate surface area is 199 Å². The highest BCUT2D eigenvalue weighted by Crippen LogP contribution is 2.28. The highest BCUT2D eigenvalue weighted by Gasteiger charge is 2.08. The van der Waals surface area contributed by atoms with Gasteiger partial charge < -0.3 is 14.0 Å². The summed E-state index contributed by atoms with van der Waals surface area (Å²) in [5, 5.41) is 4.11. The molecule has 0 bridgehead atoms. The number of nitrogens with zero attached hydrogens (tertiary/aromatic N) is 2. The zero-order valence-corrected chi connectivity index (χ0v) is 19.5. The first-order valence-electron chi connectivity index (χ1n) is 11.0. The number of hydrazone groups is 1. The Morgan fingerprint density at radius 2 is 1.62 bits per heavy atom. The molecule has 6 heteroatoms. The lowest BCUT2D eigenvalue weighted by atomic mass is 10.2. The molecular formula is C28H27N3O3. The summed E-state index contributed by atoms with van der Waals surface area (Å²) in [6, 6.07) is 27.0. The van der Waals surface area contributed by atoms with Crippen LogP contribution in [0.15, 0.2) is 90.0 Å². The summed E-state index contributed by atoms with van der Waals surface area (Å²) in [5.74, 6) is 0.955. The molecule has 0 saturated heterocycles. The van der Waals surface area contributed by atoms with E-state index in [1.165, 1.54) is 0 Å². The minimum atomic E-state index is -0.280. The summed E-state index contributed by atoms with van der Waals surface area (Å²) >= 11 is 0. The Morgan fingerprint density at radius 3 is 2.29 bits per heavy atom. The number of carbonyl (C=O) groups is 1. The fourth-order valence-electron chi connectivity index (χ4n) is 3.69. The molecule has 3 aromatic carbocycles. The van der Waals surface area contributed by atoms with Crippen molar-refractivity contribution in [3.8, 4) is 17.2 Å². The van der Waals surface area contributed by atoms with Crippen LogP contribution < -0.4 is 14.9 Å². The standard InChI is InChI=1S/C28H27N3O3/c1-20-9-10-21(2)31(20)25-14-12-24(13-15-25)28(32)30-29-18-23-11-16-26(33-3)27(17-23)34-19-22-7-5-4-6-8-22/h4-18H,19H2,1-3H3,(H,30,32). The minimum Gasteiger partial charge on any atom is -0.493 e. The number of hydrogen-bond acceptors (Lipinski definition) is 4. The average Bonchev–Trinajstić information content (AvgIpc) is 3.21. The highest BCUT2D eigenvalue weighted by molar-refractivity contribution is 5.95. The molecule has 0 radical (unpaired) electrons. The molecular weight excluding hydrogens is 426 g/mol. The maximum atomic E-state index is 12.5. The summed E-state index contributed by atoms with van der Waals surface area (Å²) in [6.45, 7) is 4.53. The van der Waals surface area contributed by atoms with Gasteiger partial charge in [-0.1, -0.05) is 30.3 Å². The molecule has 0 fully saturated rings. The van der Waals surface area contributed by atoms with Gasteiger partial charge in [0.2, 0.25) is 0 Å². The molecule has 4 rings (SSSR count). The highest BCUT2D eigenvalue weighted by atomic mass is 16.5. The number of methoxy groups -OCH3 is 1. The molecule has 34 heavy (non-hydrogen) atoms. The summed E-state index contributed by atoms with van der Waals surface area (Å²) in [7, 11) is 1.60. The largest absolute Gasteiger partial charge is 0.493 e. The average molecular weight is 454 g/mol. The summed E-state index contributed by atoms with van der Waals surface area (Å²) < 4.78 is 13.5. The topological polar surface area (TPSA) is 64.8 Å². The Morgan fingerprint density at radius 1 is 0.912 bits per heavy atom. The molecule has 0 saturated carbocycles. The van der Waals surface area contributed by atoms with Gasteiger partial charge in [0, 0.05) is 22.6 Å². The van der Waals surface area contributed by atoms with Crippen molar-refractivity contribution in [3.05, 3.63) is 113 Å². The Bertz CT molecular complexity index is 1270. The third-order valence-electron chi connectivity index (χ3n) is 5.46. The van der Waals surface area contributed by atoms with Gasteiger partial charge in [-0.3, -0.25) is 4.79 Å². The van der Waals surface area contributed by atoms with Gasteiger partial charge in [0.1, 0.15) is 6.61 Å². The van der Waals surface area contributed by atoms with Gasteiger partial charge in [-0.25, -0.2) is 5.43 Å². The molecule has 1 aromatic heterocycles. The molecule has 6 nitrogen and oxygen atoms in total. The van der Waals surface area contributed by atoms with Crippen LogP contribution in [-0.4, -0.2) is 23.8 Å². The van der Waals surface area contributed by atoms with Crippen LogP contribution >= 0.6 is 0 Å². The lowest BCUT2D eigenvalue weighted by Crippen LogP contribution is -2.17. The van der Waals surface area contributed by atoms with Gasteiger partial charge >= 0.3 is 0 Å². The smallest absolute Gasteiger partial charge is 0.271 e. The number of carbonyl (C=O) groups excluding carboxylic acids is 1. The van der Waals surface area contributed by atoms with Crippen molar-refractivity contribution in [2.45, 2.75) is 20.5 Å². The van der Waals surface area contributed by atoms with Crippen LogP contribution in [0.5, 0.6) is 11.5 Å². The summed E-state index contributed by atoms with van der Waals surface area (Å²) in [4.78, 5) is 12.5. The Balaban J connectivity index is 1.40. The van der Waals surface area contributed by atoms with Crippen LogP contribution in [0.4, 0.5) is 0 Å². The van der Waals surface area contributed by atoms with E-state index in [0.717, 1.165) is 28.2 Å². The monoisotopic (exact) mass is 453 g/mol. The fraction of sp³-hybridized carbons (Fsp3) is 0.143. The predicted molar refractivity (Wildman–Crippen MR) is 134 cm³/mol. The van der Waals surface area contributed by atoms with Gasteiger partial charge in [0.25, 0.3) is 5.91 Å². The van der Waals surface area contributed by atoms with E-state index in [0.29, 0.717) is 23.7 Å². The third kappa shape index (κ3) is 5.35. The zero-order chi connectivity index (χ0) is 23.9. The van der Waals surface area contributed by atoms with Crippen molar-refractivity contribution in [3.63, 3.8) is 0 Å². The lowest BCUT2D eigenvalue weighted by molar-refractivity contribution is 0.0955. The van der Waals surface area contributed by atoms with E-state index in [2.05, 4.69) is 41.1 Å². The van der Waals surface area contributed by atoms with Gasteiger partial charge in [-0.15, -0.1) is 0 Å². The lowest BCUT2D eigenvalue weighted by Gasteiger charge is -2.11. The molecule has 4 aromatic rings. The van der Waals surface area contributed by atoms with Crippen LogP contribution in [0.3, 0.4) is 0 Å². The molecule has 1 heterocycles. The van der Waals surface area contributed by atoms with Crippen LogP contribution in [0.1, 0.15) is 32.9 Å². The third-order valence-corrected chi connectivity index (χ3v) is 5.46. The molecule has 0 atom stereocenters. The fourth-order valence-corrected chi connectivity index (χ4v) is 3.69. The van der Waals surface area contributed by atoms with Gasteiger partial charge in [-0.05, 0) is 79.6 Å². The van der Waals surface area contributed by atoms with E-state index in [1.54, 1.807) is 25.5 Å². The second-order valence-corrected chi connectivity index (χ2v) is 7.88. The van der Waals surface area contributed by atoms with Crippen molar-refractivity contribution in [1.82, 2.24) is 9.99 Å². The summed E-state index contributed by atoms with van der Waals surface area (Å²) in [5.41, 5.74) is 8.25. The zero-order valence-electron chi connectivity index (χ0n) is 19.5. The molecule has 0 aliphatic rings. The van der Waals surface area contributed by atoms with Gasteiger partial charge in [-0.2, -0.15) is 5.10 Å². The number of rotatable bonds is 8. The van der Waals surface area contributed by atoms with Gasteiger partial charge in [0.05, 0.1) is 13.3 Å². The SMILES string of the molecule is COc1ccc(C=NNC(=O)c2ccc(-n3c(C)ccc3C)cc2)cc1OCc1ccccc1. The molecule has 0 aliphatic heterocycles. The Kier molecular flexibility index (Phi) is 7.08. The van der Waals surface area contributed by atoms with Crippen LogP contribution in [-0.2, 0) is 6.61 Å². The van der Waals surface area contributed by atoms with Crippen LogP contribution in [0.2, 0.25) is 0 Å². The molecule has 1 N–H and O–H groups in total. The maximum Gasteiger partial charge on any atom is 0.271 e. The predicted octanol–water partition coefficient (Wildman–Crippen LogP) is 5.45. The van der Waals surface area contributed by atoms with Gasteiger partial charge in [0.15, 0.2) is 11.5 Å². The van der Waals surface area contributed by atoms with E-state index in [1.807, 2.05) is 60.7 Å². The first kappa shape index (κ1) is 22.9. The van der Waals surface area contributed by atoms with E-state index >= 15 is 0 Å². The van der Waals surface area contributed by atoms with Crippen molar-refractivity contribution in [2.75, 3.05) is 7.11 Å². The number of hydrogen-bond donors (Lipinski definition) is 1. The molecule has 172 valence electrons. The molecule has 0 spiro atoms. The number of ether oxygens (including phenoxy) is 2. The number of benzene rings is 3. The van der Waals surface area contributed by atoms with E-state index < -0.39 is 0 Å². The normalized spacial score (nSPS) is 10.9. The number of nitrogens with one attached hydrogen (secondary N) is 1. The first-order chi connectivity index (χ1) is 16.5. The van der Waals surface area contributed by atoms with Crippen LogP contribution in [0.25, 0.3) is 5.69 Å². The second-order valence-electron chi connectivity index (χ2n) is 7.88. The molecule has 0 aliphatic carbocycles. The van der Waals surface area contributed by atoms with E-state index in [-0.39, 0.29) is 5.91 Å². The second kappa shape index (κ2) is 10.5. The van der Waals surface area contributed by atoms with E-state index in [9.17, 15) is 4.79 Å². The minimum absolute atomic E-state index is 0.280. The quantitative estimate of drug-likeness (QED) is 0.285. The number of aromatic nitrogens is 1. The van der Waals surface area contributed by atoms with Crippen molar-refractivity contribution < 1.29 is 14.3 Å². The Hall–Kier alpha value is -4.32. The van der Waals surface area contributed by atoms with Crippen molar-refractivity contribution in [1.29, 1.82) is 0 Å². The number of aryl methyl sites for hydroxylation is 2. The van der Waals surface area contributed by atoms with Crippen molar-refractivity contribution in [2.24, 2.45) is 5.10 Å². The first-order valence-corrected chi connectivity index (χ1v) is 11.0. The molecule has 0 unspecified atom stereocenters. The molecule has 1 amide bonds. The summed E-state index contributed by atoms with van der Waals surface area (Å²) in [6.07, 6.45) is 1.58. The number of amides is 1. The van der Waals surface area contributed by atoms with Crippen LogP contribution in [0, 0.1) is 13.8 Å². The van der Waals surface area contributed by atoms with Crippen molar-refractivity contribution >= 4 is 12.1 Å². The maximum absolute atomic E-state index is 12.5.